The zero-order valence-corrected chi connectivity index (χ0v) is 17.2. The highest BCUT2D eigenvalue weighted by molar-refractivity contribution is 7.98. The number of aromatic nitrogens is 3. The molecule has 0 aliphatic carbocycles. The monoisotopic (exact) mass is 406 g/mol. The normalized spacial score (nSPS) is 11.0. The summed E-state index contributed by atoms with van der Waals surface area (Å²) in [5.41, 5.74) is 3.88. The second kappa shape index (κ2) is 8.96. The van der Waals surface area contributed by atoms with Crippen molar-refractivity contribution < 1.29 is 8.83 Å². The van der Waals surface area contributed by atoms with Crippen LogP contribution in [0.1, 0.15) is 19.5 Å². The number of nitrogens with zero attached hydrogens (tertiary/aromatic N) is 4. The molecular formula is C22H22N4O2S. The molecule has 2 aromatic carbocycles. The van der Waals surface area contributed by atoms with Gasteiger partial charge in [-0.15, -0.1) is 10.2 Å². The lowest BCUT2D eigenvalue weighted by atomic mass is 10.2. The number of hydrogen-bond donors (Lipinski definition) is 0. The van der Waals surface area contributed by atoms with E-state index in [4.69, 9.17) is 8.83 Å². The van der Waals surface area contributed by atoms with E-state index >= 15 is 0 Å². The summed E-state index contributed by atoms with van der Waals surface area (Å²) >= 11 is 1.44. The third kappa shape index (κ3) is 4.51. The molecule has 0 fully saturated rings. The molecule has 2 aromatic heterocycles. The molecule has 0 spiro atoms. The topological polar surface area (TPSA) is 68.2 Å². The molecule has 0 atom stereocenters. The van der Waals surface area contributed by atoms with Gasteiger partial charge in [-0.3, -0.25) is 0 Å². The molecule has 29 heavy (non-hydrogen) atoms. The number of rotatable bonds is 8. The first-order valence-electron chi connectivity index (χ1n) is 9.58. The molecule has 0 saturated carbocycles. The summed E-state index contributed by atoms with van der Waals surface area (Å²) in [4.78, 5) is 6.81. The number of benzene rings is 2. The fourth-order valence-electron chi connectivity index (χ4n) is 3.01. The zero-order chi connectivity index (χ0) is 20.1. The Morgan fingerprint density at radius 3 is 2.31 bits per heavy atom. The van der Waals surface area contributed by atoms with Gasteiger partial charge < -0.3 is 13.7 Å². The van der Waals surface area contributed by atoms with E-state index in [0.29, 0.717) is 22.8 Å². The van der Waals surface area contributed by atoms with Gasteiger partial charge in [0.05, 0.1) is 5.69 Å². The molecule has 0 bridgehead atoms. The van der Waals surface area contributed by atoms with Crippen molar-refractivity contribution in [3.05, 3.63) is 66.6 Å². The minimum atomic E-state index is 0.511. The van der Waals surface area contributed by atoms with Gasteiger partial charge in [-0.1, -0.05) is 30.0 Å². The number of oxazole rings is 1. The van der Waals surface area contributed by atoms with Crippen molar-refractivity contribution in [3.63, 3.8) is 0 Å². The lowest BCUT2D eigenvalue weighted by molar-refractivity contribution is 0.466. The van der Waals surface area contributed by atoms with E-state index in [9.17, 15) is 0 Å². The molecule has 0 unspecified atom stereocenters. The van der Waals surface area contributed by atoms with Gasteiger partial charge >= 0.3 is 0 Å². The first kappa shape index (κ1) is 19.3. The van der Waals surface area contributed by atoms with Crippen LogP contribution in [0.3, 0.4) is 0 Å². The van der Waals surface area contributed by atoms with E-state index in [1.54, 1.807) is 6.26 Å². The van der Waals surface area contributed by atoms with Crippen molar-refractivity contribution >= 4 is 17.4 Å². The Balaban J connectivity index is 1.39. The predicted octanol–water partition coefficient (Wildman–Crippen LogP) is 5.53. The molecule has 0 amide bonds. The SMILES string of the molecule is CCN(CC)c1ccc(-c2nnc(SCc3coc(-c4ccccc4)n3)o2)cc1. The molecule has 7 heteroatoms. The van der Waals surface area contributed by atoms with E-state index in [-0.39, 0.29) is 0 Å². The highest BCUT2D eigenvalue weighted by Crippen LogP contribution is 2.28. The molecule has 0 aliphatic rings. The molecule has 0 aliphatic heterocycles. The van der Waals surface area contributed by atoms with Crippen LogP contribution in [0.25, 0.3) is 22.9 Å². The van der Waals surface area contributed by atoms with E-state index in [0.717, 1.165) is 29.9 Å². The summed E-state index contributed by atoms with van der Waals surface area (Å²) < 4.78 is 11.4. The van der Waals surface area contributed by atoms with E-state index in [2.05, 4.69) is 46.1 Å². The molecule has 2 heterocycles. The van der Waals surface area contributed by atoms with Gasteiger partial charge in [-0.25, -0.2) is 4.98 Å². The Kier molecular flexibility index (Phi) is 5.95. The lowest BCUT2D eigenvalue weighted by Crippen LogP contribution is -2.21. The molecule has 0 saturated heterocycles. The summed E-state index contributed by atoms with van der Waals surface area (Å²) in [5.74, 6) is 1.73. The fourth-order valence-corrected chi connectivity index (χ4v) is 3.65. The van der Waals surface area contributed by atoms with Crippen LogP contribution in [0.4, 0.5) is 5.69 Å². The van der Waals surface area contributed by atoms with Crippen molar-refractivity contribution in [1.29, 1.82) is 0 Å². The van der Waals surface area contributed by atoms with Gasteiger partial charge in [-0.05, 0) is 50.2 Å². The Morgan fingerprint density at radius 2 is 1.59 bits per heavy atom. The smallest absolute Gasteiger partial charge is 0.277 e. The first-order chi connectivity index (χ1) is 14.3. The van der Waals surface area contributed by atoms with Crippen molar-refractivity contribution in [2.24, 2.45) is 0 Å². The Bertz CT molecular complexity index is 1040. The predicted molar refractivity (Wildman–Crippen MR) is 115 cm³/mol. The third-order valence-electron chi connectivity index (χ3n) is 4.57. The van der Waals surface area contributed by atoms with Crippen molar-refractivity contribution in [2.75, 3.05) is 18.0 Å². The van der Waals surface area contributed by atoms with Gasteiger partial charge in [0.1, 0.15) is 6.26 Å². The van der Waals surface area contributed by atoms with Crippen LogP contribution < -0.4 is 4.90 Å². The highest BCUT2D eigenvalue weighted by Gasteiger charge is 2.12. The largest absolute Gasteiger partial charge is 0.444 e. The Hall–Kier alpha value is -3.06. The van der Waals surface area contributed by atoms with Gasteiger partial charge in [-0.2, -0.15) is 0 Å². The minimum absolute atomic E-state index is 0.511. The number of hydrogen-bond acceptors (Lipinski definition) is 7. The second-order valence-electron chi connectivity index (χ2n) is 6.39. The molecule has 4 rings (SSSR count). The summed E-state index contributed by atoms with van der Waals surface area (Å²) in [6.45, 7) is 6.25. The van der Waals surface area contributed by atoms with Gasteiger partial charge in [0.25, 0.3) is 5.22 Å². The van der Waals surface area contributed by atoms with E-state index in [1.165, 1.54) is 17.4 Å². The van der Waals surface area contributed by atoms with Crippen LogP contribution in [0.2, 0.25) is 0 Å². The fraction of sp³-hybridized carbons (Fsp3) is 0.227. The van der Waals surface area contributed by atoms with Crippen molar-refractivity contribution in [3.8, 4) is 22.9 Å². The van der Waals surface area contributed by atoms with E-state index < -0.39 is 0 Å². The second-order valence-corrected chi connectivity index (χ2v) is 7.32. The molecule has 4 aromatic rings. The molecular weight excluding hydrogens is 384 g/mol. The molecule has 0 radical (unpaired) electrons. The van der Waals surface area contributed by atoms with Crippen LogP contribution in [0.5, 0.6) is 0 Å². The maximum absolute atomic E-state index is 5.80. The zero-order valence-electron chi connectivity index (χ0n) is 16.4. The molecule has 6 nitrogen and oxygen atoms in total. The average molecular weight is 407 g/mol. The summed E-state index contributed by atoms with van der Waals surface area (Å²) in [6, 6.07) is 18.0. The standard InChI is InChI=1S/C22H22N4O2S/c1-3-26(4-2)19-12-10-17(11-13-19)21-24-25-22(28-21)29-15-18-14-27-20(23-18)16-8-6-5-7-9-16/h5-14H,3-4,15H2,1-2H3. The summed E-state index contributed by atoms with van der Waals surface area (Å²) in [7, 11) is 0. The Morgan fingerprint density at radius 1 is 0.862 bits per heavy atom. The Labute approximate surface area is 174 Å². The average Bonchev–Trinajstić information content (AvgIpc) is 3.44. The summed E-state index contributed by atoms with van der Waals surface area (Å²) in [5, 5.41) is 8.82. The number of anilines is 1. The van der Waals surface area contributed by atoms with Gasteiger partial charge in [0, 0.05) is 35.7 Å². The number of thioether (sulfide) groups is 1. The maximum atomic E-state index is 5.80. The van der Waals surface area contributed by atoms with Crippen LogP contribution >= 0.6 is 11.8 Å². The van der Waals surface area contributed by atoms with Crippen molar-refractivity contribution in [1.82, 2.24) is 15.2 Å². The van der Waals surface area contributed by atoms with Crippen LogP contribution in [-0.2, 0) is 5.75 Å². The van der Waals surface area contributed by atoms with E-state index in [1.807, 2.05) is 42.5 Å². The third-order valence-corrected chi connectivity index (χ3v) is 5.42. The van der Waals surface area contributed by atoms with Crippen LogP contribution in [0.15, 0.2) is 74.9 Å². The minimum Gasteiger partial charge on any atom is -0.444 e. The van der Waals surface area contributed by atoms with Crippen LogP contribution in [-0.4, -0.2) is 28.3 Å². The van der Waals surface area contributed by atoms with Crippen molar-refractivity contribution in [2.45, 2.75) is 24.8 Å². The summed E-state index contributed by atoms with van der Waals surface area (Å²) in [6.07, 6.45) is 1.67. The van der Waals surface area contributed by atoms with Gasteiger partial charge in [0.2, 0.25) is 11.8 Å². The lowest BCUT2D eigenvalue weighted by Gasteiger charge is -2.20. The van der Waals surface area contributed by atoms with Crippen LogP contribution in [0, 0.1) is 0 Å². The van der Waals surface area contributed by atoms with Gasteiger partial charge in [0.15, 0.2) is 0 Å². The molecule has 0 N–H and O–H groups in total. The molecule has 148 valence electrons. The first-order valence-corrected chi connectivity index (χ1v) is 10.6. The quantitative estimate of drug-likeness (QED) is 0.356. The highest BCUT2D eigenvalue weighted by atomic mass is 32.2. The maximum Gasteiger partial charge on any atom is 0.277 e.